The van der Waals surface area contributed by atoms with Gasteiger partial charge in [0.2, 0.25) is 0 Å². The third-order valence-electron chi connectivity index (χ3n) is 3.17. The minimum Gasteiger partial charge on any atom is -0.391 e. The van der Waals surface area contributed by atoms with Crippen LogP contribution in [0.3, 0.4) is 0 Å². The quantitative estimate of drug-likeness (QED) is 0.846. The number of hydrogen-bond acceptors (Lipinski definition) is 3. The second-order valence-electron chi connectivity index (χ2n) is 4.57. The molecule has 0 saturated carbocycles. The molecule has 5 heteroatoms. The number of nitrogens with zero attached hydrogens (tertiary/aromatic N) is 1. The van der Waals surface area contributed by atoms with Gasteiger partial charge in [0, 0.05) is 19.6 Å². The fourth-order valence-electron chi connectivity index (χ4n) is 2.07. The number of nitrogens with two attached hydrogens (primary N) is 1. The van der Waals surface area contributed by atoms with Crippen molar-refractivity contribution >= 4 is 17.2 Å². The minimum atomic E-state index is -0.199. The van der Waals surface area contributed by atoms with Crippen molar-refractivity contribution in [1.82, 2.24) is 4.90 Å². The molecule has 1 aliphatic heterocycles. The second-order valence-corrected chi connectivity index (χ2v) is 5.04. The fraction of sp³-hybridized carbons (Fsp3) is 0.462. The van der Waals surface area contributed by atoms with Crippen LogP contribution in [0, 0.1) is 12.7 Å². The molecule has 1 heterocycles. The highest BCUT2D eigenvalue weighted by Crippen LogP contribution is 2.15. The maximum absolute atomic E-state index is 13.2. The van der Waals surface area contributed by atoms with Gasteiger partial charge in [-0.25, -0.2) is 4.39 Å². The number of benzene rings is 1. The first-order valence-electron chi connectivity index (χ1n) is 5.94. The number of ether oxygens (including phenoxy) is 1. The van der Waals surface area contributed by atoms with E-state index in [0.29, 0.717) is 24.7 Å². The summed E-state index contributed by atoms with van der Waals surface area (Å²) in [5.41, 5.74) is 7.69. The van der Waals surface area contributed by atoms with Gasteiger partial charge in [0.05, 0.1) is 6.61 Å². The normalized spacial score (nSPS) is 20.9. The van der Waals surface area contributed by atoms with Crippen LogP contribution in [-0.2, 0) is 11.3 Å². The lowest BCUT2D eigenvalue weighted by Crippen LogP contribution is -2.47. The zero-order valence-electron chi connectivity index (χ0n) is 10.4. The minimum absolute atomic E-state index is 0.192. The number of aryl methyl sites for hydroxylation is 1. The lowest BCUT2D eigenvalue weighted by molar-refractivity contribution is 0.00381. The van der Waals surface area contributed by atoms with Crippen LogP contribution >= 0.6 is 12.2 Å². The average Bonchev–Trinajstić information content (AvgIpc) is 2.34. The van der Waals surface area contributed by atoms with E-state index in [9.17, 15) is 4.39 Å². The topological polar surface area (TPSA) is 38.5 Å². The van der Waals surface area contributed by atoms with Crippen molar-refractivity contribution in [3.8, 4) is 0 Å². The average molecular weight is 268 g/mol. The molecule has 1 saturated heterocycles. The highest BCUT2D eigenvalue weighted by Gasteiger charge is 2.22. The highest BCUT2D eigenvalue weighted by molar-refractivity contribution is 7.80. The van der Waals surface area contributed by atoms with E-state index < -0.39 is 0 Å². The second kappa shape index (κ2) is 5.73. The Morgan fingerprint density at radius 3 is 3.11 bits per heavy atom. The van der Waals surface area contributed by atoms with Crippen LogP contribution in [-0.4, -0.2) is 35.7 Å². The molecule has 0 spiro atoms. The SMILES string of the molecule is Cc1ccc(F)cc1CN1CCOC(C(N)=S)C1. The predicted molar refractivity (Wildman–Crippen MR) is 72.9 cm³/mol. The summed E-state index contributed by atoms with van der Waals surface area (Å²) in [5, 5.41) is 0. The molecular formula is C13H17FN2OS. The molecule has 3 nitrogen and oxygen atoms in total. The third kappa shape index (κ3) is 3.25. The van der Waals surface area contributed by atoms with E-state index in [1.54, 1.807) is 12.1 Å². The van der Waals surface area contributed by atoms with E-state index in [1.807, 2.05) is 6.92 Å². The molecule has 2 N–H and O–H groups in total. The first-order valence-corrected chi connectivity index (χ1v) is 6.35. The van der Waals surface area contributed by atoms with Crippen molar-refractivity contribution in [1.29, 1.82) is 0 Å². The summed E-state index contributed by atoms with van der Waals surface area (Å²) in [4.78, 5) is 2.57. The monoisotopic (exact) mass is 268 g/mol. The fourth-order valence-corrected chi connectivity index (χ4v) is 2.21. The molecule has 0 amide bonds. The van der Waals surface area contributed by atoms with Gasteiger partial charge in [0.15, 0.2) is 0 Å². The smallest absolute Gasteiger partial charge is 0.123 e. The molecule has 0 radical (unpaired) electrons. The van der Waals surface area contributed by atoms with E-state index in [0.717, 1.165) is 17.7 Å². The van der Waals surface area contributed by atoms with Gasteiger partial charge in [-0.1, -0.05) is 18.3 Å². The molecule has 2 rings (SSSR count). The van der Waals surface area contributed by atoms with E-state index in [4.69, 9.17) is 22.7 Å². The van der Waals surface area contributed by atoms with Crippen LogP contribution in [0.5, 0.6) is 0 Å². The van der Waals surface area contributed by atoms with E-state index in [-0.39, 0.29) is 11.9 Å². The molecule has 0 bridgehead atoms. The summed E-state index contributed by atoms with van der Waals surface area (Å²) in [5.74, 6) is -0.199. The van der Waals surface area contributed by atoms with Crippen LogP contribution in [0.25, 0.3) is 0 Å². The molecule has 1 atom stereocenters. The number of thiocarbonyl (C=S) groups is 1. The molecule has 98 valence electrons. The number of halogens is 1. The van der Waals surface area contributed by atoms with Gasteiger partial charge in [-0.05, 0) is 30.2 Å². The molecule has 1 aromatic rings. The van der Waals surface area contributed by atoms with Gasteiger partial charge in [0.1, 0.15) is 16.9 Å². The first-order chi connectivity index (χ1) is 8.56. The Bertz CT molecular complexity index is 453. The number of morpholine rings is 1. The summed E-state index contributed by atoms with van der Waals surface area (Å²) < 4.78 is 18.7. The lowest BCUT2D eigenvalue weighted by atomic mass is 10.1. The lowest BCUT2D eigenvalue weighted by Gasteiger charge is -2.32. The van der Waals surface area contributed by atoms with E-state index >= 15 is 0 Å². The Morgan fingerprint density at radius 2 is 2.39 bits per heavy atom. The Labute approximate surface area is 112 Å². The summed E-state index contributed by atoms with van der Waals surface area (Å²) in [6.07, 6.45) is -0.192. The molecular weight excluding hydrogens is 251 g/mol. The van der Waals surface area contributed by atoms with Gasteiger partial charge in [-0.2, -0.15) is 0 Å². The van der Waals surface area contributed by atoms with Crippen LogP contribution in [0.4, 0.5) is 4.39 Å². The maximum atomic E-state index is 13.2. The van der Waals surface area contributed by atoms with Gasteiger partial charge in [-0.15, -0.1) is 0 Å². The van der Waals surface area contributed by atoms with Gasteiger partial charge in [-0.3, -0.25) is 4.90 Å². The molecule has 1 aromatic carbocycles. The van der Waals surface area contributed by atoms with Gasteiger partial charge < -0.3 is 10.5 Å². The maximum Gasteiger partial charge on any atom is 0.123 e. The standard InChI is InChI=1S/C13H17FN2OS/c1-9-2-3-11(14)6-10(9)7-16-4-5-17-12(8-16)13(15)18/h2-3,6,12H,4-5,7-8H2,1H3,(H2,15,18). The van der Waals surface area contributed by atoms with Gasteiger partial charge >= 0.3 is 0 Å². The molecule has 1 unspecified atom stereocenters. The molecule has 18 heavy (non-hydrogen) atoms. The summed E-state index contributed by atoms with van der Waals surface area (Å²) >= 11 is 4.95. The van der Waals surface area contributed by atoms with Crippen molar-refractivity contribution in [2.45, 2.75) is 19.6 Å². The van der Waals surface area contributed by atoms with Crippen molar-refractivity contribution in [3.05, 3.63) is 35.1 Å². The van der Waals surface area contributed by atoms with E-state index in [2.05, 4.69) is 4.90 Å². The summed E-state index contributed by atoms with van der Waals surface area (Å²) in [6.45, 7) is 4.78. The third-order valence-corrected chi connectivity index (χ3v) is 3.44. The highest BCUT2D eigenvalue weighted by atomic mass is 32.1. The number of rotatable bonds is 3. The van der Waals surface area contributed by atoms with Gasteiger partial charge in [0.25, 0.3) is 0 Å². The molecule has 0 aromatic heterocycles. The first kappa shape index (κ1) is 13.4. The summed E-state index contributed by atoms with van der Waals surface area (Å²) in [7, 11) is 0. The Balaban J connectivity index is 2.04. The molecule has 0 aliphatic carbocycles. The zero-order chi connectivity index (χ0) is 13.1. The Kier molecular flexibility index (Phi) is 4.27. The largest absolute Gasteiger partial charge is 0.391 e. The van der Waals surface area contributed by atoms with Crippen LogP contribution in [0.1, 0.15) is 11.1 Å². The van der Waals surface area contributed by atoms with Crippen molar-refractivity contribution < 1.29 is 9.13 Å². The number of hydrogen-bond donors (Lipinski definition) is 1. The Morgan fingerprint density at radius 1 is 1.61 bits per heavy atom. The van der Waals surface area contributed by atoms with Crippen LogP contribution < -0.4 is 5.73 Å². The van der Waals surface area contributed by atoms with Crippen LogP contribution in [0.15, 0.2) is 18.2 Å². The van der Waals surface area contributed by atoms with Crippen molar-refractivity contribution in [2.75, 3.05) is 19.7 Å². The van der Waals surface area contributed by atoms with E-state index in [1.165, 1.54) is 6.07 Å². The molecule has 1 fully saturated rings. The van der Waals surface area contributed by atoms with Crippen molar-refractivity contribution in [3.63, 3.8) is 0 Å². The molecule has 1 aliphatic rings. The predicted octanol–water partition coefficient (Wildman–Crippen LogP) is 1.62. The van der Waals surface area contributed by atoms with Crippen molar-refractivity contribution in [2.24, 2.45) is 5.73 Å². The Hall–Kier alpha value is -1.04. The summed E-state index contributed by atoms with van der Waals surface area (Å²) in [6, 6.07) is 4.87. The van der Waals surface area contributed by atoms with Crippen LogP contribution in [0.2, 0.25) is 0 Å². The zero-order valence-corrected chi connectivity index (χ0v) is 11.2.